The molecule has 0 aliphatic heterocycles. The number of amides is 1. The maximum atomic E-state index is 12.4. The van der Waals surface area contributed by atoms with Crippen molar-refractivity contribution < 1.29 is 27.5 Å². The fourth-order valence-electron chi connectivity index (χ4n) is 2.16. The summed E-state index contributed by atoms with van der Waals surface area (Å²) in [6, 6.07) is 8.13. The first-order valence-electron chi connectivity index (χ1n) is 7.52. The first-order valence-corrected chi connectivity index (χ1v) is 7.52. The zero-order chi connectivity index (χ0) is 17.5. The Morgan fingerprint density at radius 2 is 2.04 bits per heavy atom. The van der Waals surface area contributed by atoms with Crippen LogP contribution in [0, 0.1) is 0 Å². The molecule has 7 heteroatoms. The number of halogens is 2. The van der Waals surface area contributed by atoms with Crippen LogP contribution in [0.2, 0.25) is 0 Å². The number of furan rings is 1. The third kappa shape index (κ3) is 4.71. The predicted octanol–water partition coefficient (Wildman–Crippen LogP) is 3.42. The molecule has 24 heavy (non-hydrogen) atoms. The Morgan fingerprint density at radius 3 is 2.67 bits per heavy atom. The van der Waals surface area contributed by atoms with Crippen molar-refractivity contribution in [1.82, 2.24) is 5.32 Å². The molecule has 1 aromatic heterocycles. The number of aryl methyl sites for hydroxylation is 1. The fourth-order valence-corrected chi connectivity index (χ4v) is 2.16. The van der Waals surface area contributed by atoms with Gasteiger partial charge in [0.15, 0.2) is 17.3 Å². The Kier molecular flexibility index (Phi) is 6.17. The fraction of sp³-hybridized carbons (Fsp3) is 0.353. The molecule has 2 aromatic rings. The first-order chi connectivity index (χ1) is 11.5. The topological polar surface area (TPSA) is 60.7 Å². The van der Waals surface area contributed by atoms with E-state index in [1.807, 2.05) is 6.92 Å². The van der Waals surface area contributed by atoms with Gasteiger partial charge in [-0.15, -0.1) is 0 Å². The molecule has 1 amide bonds. The highest BCUT2D eigenvalue weighted by atomic mass is 19.3. The Morgan fingerprint density at radius 1 is 1.25 bits per heavy atom. The van der Waals surface area contributed by atoms with Gasteiger partial charge in [0.25, 0.3) is 5.91 Å². The summed E-state index contributed by atoms with van der Waals surface area (Å²) in [5.74, 6) is 0.875. The summed E-state index contributed by atoms with van der Waals surface area (Å²) in [4.78, 5) is 11.9. The molecule has 1 N–H and O–H groups in total. The predicted molar refractivity (Wildman–Crippen MR) is 83.7 cm³/mol. The first kappa shape index (κ1) is 17.8. The van der Waals surface area contributed by atoms with Gasteiger partial charge in [0.1, 0.15) is 5.76 Å². The van der Waals surface area contributed by atoms with Gasteiger partial charge in [0, 0.05) is 13.0 Å². The largest absolute Gasteiger partial charge is 0.493 e. The van der Waals surface area contributed by atoms with Crippen molar-refractivity contribution >= 4 is 5.91 Å². The second-order valence-electron chi connectivity index (χ2n) is 4.99. The Hall–Kier alpha value is -2.57. The molecule has 0 aliphatic rings. The minimum absolute atomic E-state index is 0.0325. The van der Waals surface area contributed by atoms with Gasteiger partial charge in [-0.1, -0.05) is 13.0 Å². The van der Waals surface area contributed by atoms with Crippen molar-refractivity contribution in [3.8, 4) is 11.5 Å². The second-order valence-corrected chi connectivity index (χ2v) is 4.99. The lowest BCUT2D eigenvalue weighted by Gasteiger charge is -2.11. The zero-order valence-corrected chi connectivity index (χ0v) is 13.5. The lowest BCUT2D eigenvalue weighted by atomic mass is 10.1. The summed E-state index contributed by atoms with van der Waals surface area (Å²) in [5.41, 5.74) is 0.737. The highest BCUT2D eigenvalue weighted by molar-refractivity contribution is 5.91. The van der Waals surface area contributed by atoms with Crippen molar-refractivity contribution in [3.63, 3.8) is 0 Å². The van der Waals surface area contributed by atoms with E-state index in [0.29, 0.717) is 19.4 Å². The van der Waals surface area contributed by atoms with Gasteiger partial charge in [-0.2, -0.15) is 8.78 Å². The molecular formula is C17H19F2NO4. The van der Waals surface area contributed by atoms with Gasteiger partial charge < -0.3 is 19.2 Å². The number of nitrogens with one attached hydrogen (secondary N) is 1. The van der Waals surface area contributed by atoms with Crippen LogP contribution in [-0.2, 0) is 12.8 Å². The van der Waals surface area contributed by atoms with E-state index in [1.54, 1.807) is 24.3 Å². The molecule has 0 saturated heterocycles. The maximum Gasteiger partial charge on any atom is 0.387 e. The van der Waals surface area contributed by atoms with Crippen LogP contribution in [0.3, 0.4) is 0 Å². The summed E-state index contributed by atoms with van der Waals surface area (Å²) < 4.78 is 39.6. The third-order valence-electron chi connectivity index (χ3n) is 3.38. The number of methoxy groups -OCH3 is 1. The average Bonchev–Trinajstić information content (AvgIpc) is 3.03. The van der Waals surface area contributed by atoms with Crippen LogP contribution < -0.4 is 14.8 Å². The number of alkyl halides is 2. The molecule has 0 aliphatic carbocycles. The van der Waals surface area contributed by atoms with Gasteiger partial charge >= 0.3 is 6.61 Å². The van der Waals surface area contributed by atoms with Crippen molar-refractivity contribution in [1.29, 1.82) is 0 Å². The van der Waals surface area contributed by atoms with E-state index < -0.39 is 6.61 Å². The summed E-state index contributed by atoms with van der Waals surface area (Å²) in [6.07, 6.45) is 1.17. The van der Waals surface area contributed by atoms with Gasteiger partial charge in [0.2, 0.25) is 0 Å². The summed E-state index contributed by atoms with van der Waals surface area (Å²) >= 11 is 0. The number of benzene rings is 1. The number of ether oxygens (including phenoxy) is 2. The van der Waals surface area contributed by atoms with Gasteiger partial charge in [-0.05, 0) is 36.2 Å². The van der Waals surface area contributed by atoms with Crippen LogP contribution in [0.25, 0.3) is 0 Å². The van der Waals surface area contributed by atoms with E-state index in [4.69, 9.17) is 9.15 Å². The molecule has 1 heterocycles. The molecule has 0 spiro atoms. The van der Waals surface area contributed by atoms with Crippen LogP contribution in [-0.4, -0.2) is 26.2 Å². The maximum absolute atomic E-state index is 12.4. The normalized spacial score (nSPS) is 10.7. The van der Waals surface area contributed by atoms with E-state index >= 15 is 0 Å². The van der Waals surface area contributed by atoms with E-state index in [2.05, 4.69) is 10.1 Å². The van der Waals surface area contributed by atoms with E-state index in [0.717, 1.165) is 11.3 Å². The number of carbonyl (C=O) groups is 1. The lowest BCUT2D eigenvalue weighted by Crippen LogP contribution is -2.25. The van der Waals surface area contributed by atoms with Crippen molar-refractivity contribution in [3.05, 3.63) is 47.4 Å². The Labute approximate surface area is 138 Å². The molecule has 2 rings (SSSR count). The van der Waals surface area contributed by atoms with Crippen LogP contribution in [0.4, 0.5) is 8.78 Å². The van der Waals surface area contributed by atoms with Crippen LogP contribution in [0.15, 0.2) is 34.7 Å². The summed E-state index contributed by atoms with van der Waals surface area (Å²) in [6.45, 7) is -0.661. The molecule has 130 valence electrons. The molecule has 5 nitrogen and oxygen atoms in total. The number of rotatable bonds is 8. The highest BCUT2D eigenvalue weighted by Crippen LogP contribution is 2.29. The van der Waals surface area contributed by atoms with E-state index in [9.17, 15) is 13.6 Å². The molecular weight excluding hydrogens is 320 g/mol. The van der Waals surface area contributed by atoms with Crippen molar-refractivity contribution in [2.24, 2.45) is 0 Å². The molecule has 0 unspecified atom stereocenters. The number of carbonyl (C=O) groups excluding carboxylic acids is 1. The average molecular weight is 339 g/mol. The van der Waals surface area contributed by atoms with Crippen LogP contribution >= 0.6 is 0 Å². The second kappa shape index (κ2) is 8.33. The molecule has 0 fully saturated rings. The third-order valence-corrected chi connectivity index (χ3v) is 3.38. The Bertz CT molecular complexity index is 685. The minimum Gasteiger partial charge on any atom is -0.493 e. The summed E-state index contributed by atoms with van der Waals surface area (Å²) in [5, 5.41) is 2.72. The molecule has 0 saturated carbocycles. The van der Waals surface area contributed by atoms with Gasteiger partial charge in [-0.25, -0.2) is 0 Å². The quantitative estimate of drug-likeness (QED) is 0.800. The van der Waals surface area contributed by atoms with E-state index in [-0.39, 0.29) is 23.2 Å². The Balaban J connectivity index is 1.92. The number of hydrogen-bond donors (Lipinski definition) is 1. The lowest BCUT2D eigenvalue weighted by molar-refractivity contribution is -0.0512. The van der Waals surface area contributed by atoms with Crippen molar-refractivity contribution in [2.45, 2.75) is 26.4 Å². The van der Waals surface area contributed by atoms with Gasteiger partial charge in [0.05, 0.1) is 7.11 Å². The van der Waals surface area contributed by atoms with Crippen LogP contribution in [0.5, 0.6) is 11.5 Å². The summed E-state index contributed by atoms with van der Waals surface area (Å²) in [7, 11) is 1.38. The van der Waals surface area contributed by atoms with Crippen molar-refractivity contribution in [2.75, 3.05) is 13.7 Å². The van der Waals surface area contributed by atoms with E-state index in [1.165, 1.54) is 13.2 Å². The monoisotopic (exact) mass is 339 g/mol. The number of hydrogen-bond acceptors (Lipinski definition) is 4. The zero-order valence-electron chi connectivity index (χ0n) is 13.5. The highest BCUT2D eigenvalue weighted by Gasteiger charge is 2.12. The minimum atomic E-state index is -2.93. The molecule has 0 radical (unpaired) electrons. The molecule has 0 atom stereocenters. The standard InChI is InChI=1S/C17H19F2NO4/c1-3-12-5-7-14(23-12)16(21)20-9-8-11-4-6-13(22-2)15(10-11)24-17(18)19/h4-7,10,17H,3,8-9H2,1-2H3,(H,20,21). The molecule has 1 aromatic carbocycles. The smallest absolute Gasteiger partial charge is 0.387 e. The van der Waals surface area contributed by atoms with Gasteiger partial charge in [-0.3, -0.25) is 4.79 Å². The molecule has 0 bridgehead atoms. The SMILES string of the molecule is CCc1ccc(C(=O)NCCc2ccc(OC)c(OC(F)F)c2)o1. The van der Waals surface area contributed by atoms with Crippen LogP contribution in [0.1, 0.15) is 28.8 Å².